The summed E-state index contributed by atoms with van der Waals surface area (Å²) in [5.41, 5.74) is 2.32. The first kappa shape index (κ1) is 28.5. The standard InChI is InChI=1S/C30H29BrClN3O4S/c1-3-39-30(38)27-28(37)25(40-29(27)33-22-10-8-21(32)9-11-22)14-19-16-34(24-12-7-20(31)15-23(19)24)17-26(36)35-13-5-4-6-18(35)2/h7-12,14-16,18,37H,3-6,13,17H2,1-2H3/b25-14-,33-29?/t18-/m0/s1. The molecule has 1 N–H and O–H groups in total. The molecule has 1 atom stereocenters. The highest BCUT2D eigenvalue weighted by Crippen LogP contribution is 2.41. The van der Waals surface area contributed by atoms with Gasteiger partial charge in [-0.3, -0.25) is 4.79 Å². The summed E-state index contributed by atoms with van der Waals surface area (Å²) in [6.45, 7) is 4.98. The summed E-state index contributed by atoms with van der Waals surface area (Å²) in [5, 5.41) is 13.0. The second-order valence-corrected chi connectivity index (χ2v) is 12.1. The quantitative estimate of drug-likeness (QED) is 0.279. The smallest absolute Gasteiger partial charge is 0.344 e. The van der Waals surface area contributed by atoms with Crippen molar-refractivity contribution in [3.63, 3.8) is 0 Å². The van der Waals surface area contributed by atoms with Crippen LogP contribution >= 0.6 is 39.3 Å². The fourth-order valence-corrected chi connectivity index (χ4v) is 6.53. The maximum Gasteiger partial charge on any atom is 0.344 e. The topological polar surface area (TPSA) is 84.1 Å². The highest BCUT2D eigenvalue weighted by atomic mass is 79.9. The van der Waals surface area contributed by atoms with Crippen LogP contribution in [0.25, 0.3) is 17.0 Å². The SMILES string of the molecule is CCOC(=O)C1=C(O)/C(=C/c2cn(CC(=O)N3CCCC[C@@H]3C)c3ccc(Br)cc23)SC1=Nc1ccc(Cl)cc1. The molecule has 1 saturated heterocycles. The van der Waals surface area contributed by atoms with Gasteiger partial charge in [-0.2, -0.15) is 0 Å². The van der Waals surface area contributed by atoms with Gasteiger partial charge in [0.2, 0.25) is 5.91 Å². The number of rotatable bonds is 6. The lowest BCUT2D eigenvalue weighted by atomic mass is 10.0. The highest BCUT2D eigenvalue weighted by molar-refractivity contribution is 9.10. The lowest BCUT2D eigenvalue weighted by Crippen LogP contribution is -2.43. The van der Waals surface area contributed by atoms with E-state index in [0.717, 1.165) is 46.7 Å². The molecule has 208 valence electrons. The molecular weight excluding hydrogens is 614 g/mol. The molecule has 10 heteroatoms. The molecule has 3 heterocycles. The van der Waals surface area contributed by atoms with Gasteiger partial charge >= 0.3 is 5.97 Å². The zero-order valence-corrected chi connectivity index (χ0v) is 25.4. The Balaban J connectivity index is 1.54. The molecule has 1 amide bonds. The van der Waals surface area contributed by atoms with E-state index in [1.807, 2.05) is 39.9 Å². The number of aliphatic imine (C=N–C) groups is 1. The van der Waals surface area contributed by atoms with Crippen molar-refractivity contribution in [2.24, 2.45) is 4.99 Å². The number of hydrogen-bond acceptors (Lipinski definition) is 6. The number of piperidine rings is 1. The molecule has 1 aromatic heterocycles. The highest BCUT2D eigenvalue weighted by Gasteiger charge is 2.33. The molecule has 0 radical (unpaired) electrons. The van der Waals surface area contributed by atoms with Crippen LogP contribution in [0.3, 0.4) is 0 Å². The fraction of sp³-hybridized carbons (Fsp3) is 0.300. The van der Waals surface area contributed by atoms with Crippen molar-refractivity contribution in [2.75, 3.05) is 13.2 Å². The molecule has 0 unspecified atom stereocenters. The van der Waals surface area contributed by atoms with Crippen LogP contribution in [-0.4, -0.2) is 50.7 Å². The van der Waals surface area contributed by atoms with Crippen LogP contribution in [0.5, 0.6) is 0 Å². The molecule has 2 aliphatic heterocycles. The van der Waals surface area contributed by atoms with E-state index in [1.54, 1.807) is 31.2 Å². The minimum Gasteiger partial charge on any atom is -0.506 e. The van der Waals surface area contributed by atoms with E-state index < -0.39 is 5.97 Å². The van der Waals surface area contributed by atoms with E-state index >= 15 is 0 Å². The molecular formula is C30H29BrClN3O4S. The zero-order valence-electron chi connectivity index (χ0n) is 22.2. The number of likely N-dealkylation sites (tertiary alicyclic amines) is 1. The van der Waals surface area contributed by atoms with Gasteiger partial charge in [0, 0.05) is 44.7 Å². The van der Waals surface area contributed by atoms with Crippen LogP contribution < -0.4 is 0 Å². The first-order valence-corrected chi connectivity index (χ1v) is 15.2. The van der Waals surface area contributed by atoms with Crippen molar-refractivity contribution in [2.45, 2.75) is 45.7 Å². The number of benzene rings is 2. The molecule has 0 aliphatic carbocycles. The number of aromatic nitrogens is 1. The van der Waals surface area contributed by atoms with Crippen LogP contribution in [0.1, 0.15) is 38.7 Å². The number of ether oxygens (including phenoxy) is 1. The van der Waals surface area contributed by atoms with E-state index in [0.29, 0.717) is 20.7 Å². The Morgan fingerprint density at radius 2 is 2.00 bits per heavy atom. The Bertz CT molecular complexity index is 1560. The summed E-state index contributed by atoms with van der Waals surface area (Å²) in [6, 6.07) is 13.0. The molecule has 0 spiro atoms. The van der Waals surface area contributed by atoms with E-state index in [-0.39, 0.29) is 36.4 Å². The molecule has 0 bridgehead atoms. The number of halogens is 2. The Morgan fingerprint density at radius 3 is 2.73 bits per heavy atom. The lowest BCUT2D eigenvalue weighted by Gasteiger charge is -2.33. The second kappa shape index (κ2) is 12.2. The van der Waals surface area contributed by atoms with Crippen LogP contribution in [0.15, 0.2) is 74.4 Å². The predicted octanol–water partition coefficient (Wildman–Crippen LogP) is 7.65. The summed E-state index contributed by atoms with van der Waals surface area (Å²) in [7, 11) is 0. The van der Waals surface area contributed by atoms with Crippen LogP contribution in [0.2, 0.25) is 5.02 Å². The maximum absolute atomic E-state index is 13.3. The van der Waals surface area contributed by atoms with Crippen molar-refractivity contribution >= 4 is 78.9 Å². The number of amides is 1. The average Bonchev–Trinajstić information content (AvgIpc) is 3.41. The summed E-state index contributed by atoms with van der Waals surface area (Å²) in [5.74, 6) is -0.744. The molecule has 2 aliphatic rings. The third-order valence-electron chi connectivity index (χ3n) is 7.02. The third kappa shape index (κ3) is 6.01. The number of nitrogens with zero attached hydrogens (tertiary/aromatic N) is 3. The molecule has 7 nitrogen and oxygen atoms in total. The number of fused-ring (bicyclic) bond motifs is 1. The van der Waals surface area contributed by atoms with Gasteiger partial charge in [-0.15, -0.1) is 0 Å². The molecule has 5 rings (SSSR count). The Labute approximate surface area is 250 Å². The van der Waals surface area contributed by atoms with Crippen molar-refractivity contribution in [1.82, 2.24) is 9.47 Å². The van der Waals surface area contributed by atoms with Gasteiger partial charge < -0.3 is 19.3 Å². The van der Waals surface area contributed by atoms with E-state index in [9.17, 15) is 14.7 Å². The molecule has 2 aromatic carbocycles. The van der Waals surface area contributed by atoms with Gasteiger partial charge in [0.15, 0.2) is 0 Å². The fourth-order valence-electron chi connectivity index (χ4n) is 5.01. The number of aliphatic hydroxyl groups excluding tert-OH is 1. The normalized spacial score (nSPS) is 19.7. The summed E-state index contributed by atoms with van der Waals surface area (Å²) >= 11 is 10.8. The first-order valence-electron chi connectivity index (χ1n) is 13.2. The van der Waals surface area contributed by atoms with Crippen molar-refractivity contribution in [3.8, 4) is 0 Å². The van der Waals surface area contributed by atoms with Crippen molar-refractivity contribution < 1.29 is 19.4 Å². The van der Waals surface area contributed by atoms with Gasteiger partial charge in [0.1, 0.15) is 22.9 Å². The van der Waals surface area contributed by atoms with E-state index in [2.05, 4.69) is 27.8 Å². The number of aliphatic hydroxyl groups is 1. The predicted molar refractivity (Wildman–Crippen MR) is 165 cm³/mol. The van der Waals surface area contributed by atoms with Crippen molar-refractivity contribution in [3.05, 3.63) is 80.0 Å². The van der Waals surface area contributed by atoms with Crippen LogP contribution in [-0.2, 0) is 20.9 Å². The molecule has 1 fully saturated rings. The maximum atomic E-state index is 13.3. The van der Waals surface area contributed by atoms with Gasteiger partial charge in [0.05, 0.1) is 17.2 Å². The number of carbonyl (C=O) groups excluding carboxylic acids is 2. The van der Waals surface area contributed by atoms with E-state index in [4.69, 9.17) is 16.3 Å². The minimum absolute atomic E-state index is 0.0206. The first-order chi connectivity index (χ1) is 19.2. The van der Waals surface area contributed by atoms with Gasteiger partial charge in [-0.1, -0.05) is 39.3 Å². The molecule has 0 saturated carbocycles. The van der Waals surface area contributed by atoms with Crippen molar-refractivity contribution in [1.29, 1.82) is 0 Å². The van der Waals surface area contributed by atoms with Gasteiger partial charge in [-0.25, -0.2) is 9.79 Å². The monoisotopic (exact) mass is 641 g/mol. The third-order valence-corrected chi connectivity index (χ3v) is 8.78. The average molecular weight is 643 g/mol. The molecule has 40 heavy (non-hydrogen) atoms. The van der Waals surface area contributed by atoms with Gasteiger partial charge in [0.25, 0.3) is 0 Å². The summed E-state index contributed by atoms with van der Waals surface area (Å²) in [4.78, 5) is 33.1. The zero-order chi connectivity index (χ0) is 28.4. The van der Waals surface area contributed by atoms with Crippen LogP contribution in [0, 0.1) is 0 Å². The number of hydrogen-bond donors (Lipinski definition) is 1. The Morgan fingerprint density at radius 1 is 1.23 bits per heavy atom. The number of carbonyl (C=O) groups is 2. The minimum atomic E-state index is -0.643. The van der Waals surface area contributed by atoms with E-state index in [1.165, 1.54) is 11.8 Å². The summed E-state index contributed by atoms with van der Waals surface area (Å²) in [6.07, 6.45) is 6.94. The van der Waals surface area contributed by atoms with Gasteiger partial charge in [-0.05, 0) is 81.7 Å². The largest absolute Gasteiger partial charge is 0.506 e. The van der Waals surface area contributed by atoms with Crippen LogP contribution in [0.4, 0.5) is 5.69 Å². The molecule has 3 aromatic rings. The lowest BCUT2D eigenvalue weighted by molar-refractivity contribution is -0.138. The second-order valence-electron chi connectivity index (χ2n) is 9.75. The Kier molecular flexibility index (Phi) is 8.73. The number of thioether (sulfide) groups is 1. The Hall–Kier alpha value is -3.01. The number of esters is 1. The summed E-state index contributed by atoms with van der Waals surface area (Å²) < 4.78 is 8.07.